The predicted molar refractivity (Wildman–Crippen MR) is 137 cm³/mol. The fraction of sp³-hybridized carbons (Fsp3) is 0.231. The molecule has 3 rings (SSSR count). The number of allylic oxidation sites excluding steroid dienone is 2. The second kappa shape index (κ2) is 12.5. The average molecular weight is 517 g/mol. The van der Waals surface area contributed by atoms with Crippen LogP contribution in [-0.2, 0) is 24.3 Å². The summed E-state index contributed by atoms with van der Waals surface area (Å²) in [6.07, 6.45) is 3.63. The van der Waals surface area contributed by atoms with Gasteiger partial charge in [0.25, 0.3) is 0 Å². The molecule has 1 aromatic heterocycles. The van der Waals surface area contributed by atoms with Crippen LogP contribution in [0.3, 0.4) is 0 Å². The molecule has 36 heavy (non-hydrogen) atoms. The molecule has 3 aromatic rings. The van der Waals surface area contributed by atoms with Crippen LogP contribution in [0.2, 0.25) is 5.02 Å². The van der Waals surface area contributed by atoms with Crippen LogP contribution >= 0.6 is 11.6 Å². The second-order valence-corrected chi connectivity index (χ2v) is 8.61. The highest BCUT2D eigenvalue weighted by atomic mass is 35.5. The van der Waals surface area contributed by atoms with Crippen LogP contribution in [0.5, 0.6) is 0 Å². The van der Waals surface area contributed by atoms with Crippen LogP contribution in [0.15, 0.2) is 64.9 Å². The Kier molecular flexibility index (Phi) is 9.49. The topological polar surface area (TPSA) is 110 Å². The van der Waals surface area contributed by atoms with Crippen molar-refractivity contribution in [2.75, 3.05) is 6.61 Å². The molecule has 190 valence electrons. The van der Waals surface area contributed by atoms with E-state index in [4.69, 9.17) is 16.7 Å². The number of nitrogens with zero attached hydrogens (tertiary/aromatic N) is 1. The SMILES string of the molecule is C=NC=C(C=C(C)C(=O)NCc1cc2c(Cl)c[nH]c2cc1F)Cc1ccc(CNC(O)CO)cc1F. The van der Waals surface area contributed by atoms with E-state index in [2.05, 4.69) is 27.3 Å². The molecule has 0 aliphatic rings. The van der Waals surface area contributed by atoms with Gasteiger partial charge in [0.05, 0.1) is 11.6 Å². The molecule has 0 spiro atoms. The molecular formula is C26H27ClF2N4O3. The Morgan fingerprint density at radius 1 is 1.22 bits per heavy atom. The molecule has 0 fully saturated rings. The van der Waals surface area contributed by atoms with E-state index in [1.807, 2.05) is 0 Å². The van der Waals surface area contributed by atoms with Gasteiger partial charge in [-0.25, -0.2) is 8.78 Å². The number of benzene rings is 2. The normalized spacial score (nSPS) is 13.2. The molecular weight excluding hydrogens is 490 g/mol. The molecule has 0 aliphatic heterocycles. The third-order valence-electron chi connectivity index (χ3n) is 5.48. The van der Waals surface area contributed by atoms with Crippen molar-refractivity contribution in [1.29, 1.82) is 0 Å². The minimum atomic E-state index is -1.09. The number of fused-ring (bicyclic) bond motifs is 1. The zero-order chi connectivity index (χ0) is 26.2. The summed E-state index contributed by atoms with van der Waals surface area (Å²) in [5.41, 5.74) is 2.69. The van der Waals surface area contributed by atoms with Crippen molar-refractivity contribution in [1.82, 2.24) is 15.6 Å². The number of aliphatic hydroxyl groups is 2. The number of amides is 1. The number of halogens is 3. The van der Waals surface area contributed by atoms with Crippen molar-refractivity contribution in [2.45, 2.75) is 32.7 Å². The van der Waals surface area contributed by atoms with Gasteiger partial charge in [-0.05, 0) is 54.6 Å². The average Bonchev–Trinajstić information content (AvgIpc) is 3.21. The van der Waals surface area contributed by atoms with Crippen molar-refractivity contribution in [3.8, 4) is 0 Å². The summed E-state index contributed by atoms with van der Waals surface area (Å²) >= 11 is 6.10. The summed E-state index contributed by atoms with van der Waals surface area (Å²) < 4.78 is 29.0. The van der Waals surface area contributed by atoms with E-state index >= 15 is 0 Å². The van der Waals surface area contributed by atoms with Crippen molar-refractivity contribution in [3.63, 3.8) is 0 Å². The summed E-state index contributed by atoms with van der Waals surface area (Å²) in [5.74, 6) is -1.36. The maximum atomic E-state index is 14.7. The molecule has 1 heterocycles. The van der Waals surface area contributed by atoms with Gasteiger partial charge >= 0.3 is 0 Å². The van der Waals surface area contributed by atoms with Crippen molar-refractivity contribution in [2.24, 2.45) is 4.99 Å². The number of nitrogens with one attached hydrogen (secondary N) is 3. The molecule has 2 aromatic carbocycles. The highest BCUT2D eigenvalue weighted by Crippen LogP contribution is 2.26. The van der Waals surface area contributed by atoms with E-state index in [-0.39, 0.29) is 25.1 Å². The van der Waals surface area contributed by atoms with Gasteiger partial charge in [0, 0.05) is 53.9 Å². The molecule has 0 bridgehead atoms. The van der Waals surface area contributed by atoms with Gasteiger partial charge in [0.15, 0.2) is 0 Å². The molecule has 0 radical (unpaired) electrons. The summed E-state index contributed by atoms with van der Waals surface area (Å²) in [6, 6.07) is 7.54. The highest BCUT2D eigenvalue weighted by molar-refractivity contribution is 6.35. The summed E-state index contributed by atoms with van der Waals surface area (Å²) in [7, 11) is 0. The zero-order valence-corrected chi connectivity index (χ0v) is 20.4. The lowest BCUT2D eigenvalue weighted by Crippen LogP contribution is -2.31. The molecule has 5 N–H and O–H groups in total. The van der Waals surface area contributed by atoms with Crippen LogP contribution in [0.1, 0.15) is 23.6 Å². The van der Waals surface area contributed by atoms with Crippen molar-refractivity contribution >= 4 is 35.1 Å². The van der Waals surface area contributed by atoms with E-state index in [1.165, 1.54) is 18.3 Å². The molecule has 1 unspecified atom stereocenters. The van der Waals surface area contributed by atoms with Crippen LogP contribution in [0.25, 0.3) is 10.9 Å². The van der Waals surface area contributed by atoms with Crippen molar-refractivity contribution < 1.29 is 23.8 Å². The number of H-pyrrole nitrogens is 1. The number of hydrogen-bond acceptors (Lipinski definition) is 5. The molecule has 10 heteroatoms. The van der Waals surface area contributed by atoms with Gasteiger partial charge in [-0.15, -0.1) is 0 Å². The Bertz CT molecular complexity index is 1320. The summed E-state index contributed by atoms with van der Waals surface area (Å²) in [4.78, 5) is 19.3. The Balaban J connectivity index is 1.67. The Labute approximate surface area is 212 Å². The third-order valence-corrected chi connectivity index (χ3v) is 5.79. The number of rotatable bonds is 11. The number of aliphatic imine (C=N–C) groups is 1. The summed E-state index contributed by atoms with van der Waals surface area (Å²) in [5, 5.41) is 24.7. The lowest BCUT2D eigenvalue weighted by molar-refractivity contribution is -0.117. The second-order valence-electron chi connectivity index (χ2n) is 8.20. The lowest BCUT2D eigenvalue weighted by atomic mass is 10.0. The maximum absolute atomic E-state index is 14.7. The number of aromatic amines is 1. The van der Waals surface area contributed by atoms with Crippen LogP contribution in [0, 0.1) is 11.6 Å². The zero-order valence-electron chi connectivity index (χ0n) is 19.6. The molecule has 1 amide bonds. The van der Waals surface area contributed by atoms with Crippen LogP contribution in [0.4, 0.5) is 8.78 Å². The monoisotopic (exact) mass is 516 g/mol. The minimum absolute atomic E-state index is 0.0405. The first-order valence-corrected chi connectivity index (χ1v) is 11.5. The Hall–Kier alpha value is -3.37. The number of aromatic nitrogens is 1. The molecule has 0 saturated heterocycles. The number of aliphatic hydroxyl groups excluding tert-OH is 2. The number of hydrogen-bond donors (Lipinski definition) is 5. The van der Waals surface area contributed by atoms with Gasteiger partial charge < -0.3 is 20.5 Å². The van der Waals surface area contributed by atoms with Crippen molar-refractivity contribution in [3.05, 3.63) is 93.3 Å². The van der Waals surface area contributed by atoms with E-state index in [9.17, 15) is 18.7 Å². The fourth-order valence-corrected chi connectivity index (χ4v) is 3.77. The highest BCUT2D eigenvalue weighted by Gasteiger charge is 2.12. The predicted octanol–water partition coefficient (Wildman–Crippen LogP) is 3.89. The Morgan fingerprint density at radius 3 is 2.67 bits per heavy atom. The number of carbonyl (C=O) groups excluding carboxylic acids is 1. The molecule has 7 nitrogen and oxygen atoms in total. The van der Waals surface area contributed by atoms with Crippen LogP contribution < -0.4 is 10.6 Å². The smallest absolute Gasteiger partial charge is 0.247 e. The Morgan fingerprint density at radius 2 is 1.97 bits per heavy atom. The molecule has 0 aliphatic carbocycles. The molecule has 1 atom stereocenters. The minimum Gasteiger partial charge on any atom is -0.392 e. The first-order chi connectivity index (χ1) is 17.2. The van der Waals surface area contributed by atoms with Gasteiger partial charge in [-0.2, -0.15) is 0 Å². The standard InChI is InChI=1S/C26H27ClF2N4O3/c1-15(26(36)33-12-19-8-20-21(27)13-31-24(20)9-23(19)29)5-17(10-30-2)6-18-4-3-16(7-22(18)28)11-32-25(35)14-34/h3-5,7-10,13,25,31-32,34-35H,2,6,11-12,14H2,1H3,(H,33,36). The van der Waals surface area contributed by atoms with E-state index in [0.29, 0.717) is 38.2 Å². The van der Waals surface area contributed by atoms with Gasteiger partial charge in [-0.3, -0.25) is 15.1 Å². The fourth-order valence-electron chi connectivity index (χ4n) is 3.56. The first kappa shape index (κ1) is 27.2. The molecule has 0 saturated carbocycles. The quantitative estimate of drug-likeness (QED) is 0.115. The van der Waals surface area contributed by atoms with Crippen LogP contribution in [-0.4, -0.2) is 40.7 Å². The maximum Gasteiger partial charge on any atom is 0.247 e. The summed E-state index contributed by atoms with van der Waals surface area (Å²) in [6.45, 7) is 4.71. The van der Waals surface area contributed by atoms with E-state index in [0.717, 1.165) is 0 Å². The van der Waals surface area contributed by atoms with Gasteiger partial charge in [-0.1, -0.05) is 23.7 Å². The van der Waals surface area contributed by atoms with E-state index in [1.54, 1.807) is 37.4 Å². The first-order valence-electron chi connectivity index (χ1n) is 11.1. The largest absolute Gasteiger partial charge is 0.392 e. The van der Waals surface area contributed by atoms with Gasteiger partial charge in [0.1, 0.15) is 17.9 Å². The van der Waals surface area contributed by atoms with Gasteiger partial charge in [0.2, 0.25) is 5.91 Å². The van der Waals surface area contributed by atoms with E-state index < -0.39 is 30.4 Å². The third kappa shape index (κ3) is 7.08. The lowest BCUT2D eigenvalue weighted by Gasteiger charge is -2.11. The number of carbonyl (C=O) groups is 1.